The Bertz CT molecular complexity index is 508. The molecule has 0 spiro atoms. The van der Waals surface area contributed by atoms with Gasteiger partial charge in [0.05, 0.1) is 10.5 Å². The van der Waals surface area contributed by atoms with Gasteiger partial charge in [0.15, 0.2) is 5.43 Å². The van der Waals surface area contributed by atoms with E-state index in [9.17, 15) is 4.79 Å². The van der Waals surface area contributed by atoms with Crippen LogP contribution in [0, 0.1) is 0 Å². The van der Waals surface area contributed by atoms with E-state index in [0.29, 0.717) is 10.4 Å². The molecule has 0 atom stereocenters. The zero-order chi connectivity index (χ0) is 9.42. The summed E-state index contributed by atoms with van der Waals surface area (Å²) in [5.74, 6) is 0. The molecule has 0 radical (unpaired) electrons. The lowest BCUT2D eigenvalue weighted by molar-refractivity contribution is 0.950. The van der Waals surface area contributed by atoms with Crippen molar-refractivity contribution in [1.82, 2.24) is 4.57 Å². The minimum atomic E-state index is 0.00981. The zero-order valence-electron chi connectivity index (χ0n) is 7.12. The molecule has 0 saturated heterocycles. The first-order valence-corrected chi connectivity index (χ1v) is 4.32. The van der Waals surface area contributed by atoms with Crippen molar-refractivity contribution in [3.63, 3.8) is 0 Å². The van der Waals surface area contributed by atoms with Crippen molar-refractivity contribution in [2.24, 2.45) is 7.05 Å². The molecule has 3 heteroatoms. The molecule has 0 saturated carbocycles. The molecule has 0 N–H and O–H groups in total. The fourth-order valence-corrected chi connectivity index (χ4v) is 1.72. The highest BCUT2D eigenvalue weighted by atomic mass is 35.5. The van der Waals surface area contributed by atoms with Crippen LogP contribution in [0.25, 0.3) is 10.9 Å². The van der Waals surface area contributed by atoms with Gasteiger partial charge in [-0.1, -0.05) is 17.7 Å². The Morgan fingerprint density at radius 3 is 2.77 bits per heavy atom. The van der Waals surface area contributed by atoms with Gasteiger partial charge >= 0.3 is 0 Å². The predicted molar refractivity (Wildman–Crippen MR) is 54.2 cm³/mol. The van der Waals surface area contributed by atoms with Crippen molar-refractivity contribution in [2.75, 3.05) is 0 Å². The van der Waals surface area contributed by atoms with E-state index in [-0.39, 0.29) is 5.43 Å². The molecule has 2 nitrogen and oxygen atoms in total. The minimum absolute atomic E-state index is 0.00981. The number of hydrogen-bond acceptors (Lipinski definition) is 1. The van der Waals surface area contributed by atoms with Crippen LogP contribution < -0.4 is 5.43 Å². The number of hydrogen-bond donors (Lipinski definition) is 0. The van der Waals surface area contributed by atoms with E-state index in [1.165, 1.54) is 0 Å². The standard InChI is InChI=1S/C10H8ClNO/c1-12-6-5-9(13)7-3-2-4-8(11)10(7)12/h2-6H,1H3. The number of pyridine rings is 1. The number of halogens is 1. The van der Waals surface area contributed by atoms with Crippen LogP contribution in [0.2, 0.25) is 5.02 Å². The second-order valence-electron chi connectivity index (χ2n) is 2.93. The van der Waals surface area contributed by atoms with Crippen LogP contribution in [0.3, 0.4) is 0 Å². The maximum atomic E-state index is 11.4. The van der Waals surface area contributed by atoms with Crippen molar-refractivity contribution in [3.8, 4) is 0 Å². The molecule has 0 unspecified atom stereocenters. The summed E-state index contributed by atoms with van der Waals surface area (Å²) < 4.78 is 1.85. The van der Waals surface area contributed by atoms with Crippen molar-refractivity contribution < 1.29 is 0 Å². The van der Waals surface area contributed by atoms with Gasteiger partial charge in [-0.3, -0.25) is 4.79 Å². The first-order chi connectivity index (χ1) is 6.20. The van der Waals surface area contributed by atoms with Gasteiger partial charge in [0.25, 0.3) is 0 Å². The predicted octanol–water partition coefficient (Wildman–Crippen LogP) is 2.19. The van der Waals surface area contributed by atoms with Gasteiger partial charge in [0, 0.05) is 24.7 Å². The first kappa shape index (κ1) is 8.32. The molecule has 13 heavy (non-hydrogen) atoms. The maximum Gasteiger partial charge on any atom is 0.189 e. The molecule has 1 aromatic carbocycles. The second kappa shape index (κ2) is 2.89. The number of aromatic nitrogens is 1. The summed E-state index contributed by atoms with van der Waals surface area (Å²) >= 11 is 5.97. The molecule has 0 amide bonds. The zero-order valence-corrected chi connectivity index (χ0v) is 7.88. The molecule has 1 heterocycles. The summed E-state index contributed by atoms with van der Waals surface area (Å²) in [7, 11) is 1.87. The highest BCUT2D eigenvalue weighted by molar-refractivity contribution is 6.35. The molecule has 2 aromatic rings. The Morgan fingerprint density at radius 2 is 2.08 bits per heavy atom. The number of fused-ring (bicyclic) bond motifs is 1. The van der Waals surface area contributed by atoms with Crippen LogP contribution in [0.15, 0.2) is 35.3 Å². The smallest absolute Gasteiger partial charge is 0.189 e. The van der Waals surface area contributed by atoms with Gasteiger partial charge in [0.1, 0.15) is 0 Å². The highest BCUT2D eigenvalue weighted by Gasteiger charge is 2.02. The lowest BCUT2D eigenvalue weighted by atomic mass is 10.2. The number of benzene rings is 1. The molecule has 1 aromatic heterocycles. The van der Waals surface area contributed by atoms with Gasteiger partial charge < -0.3 is 4.57 Å². The SMILES string of the molecule is Cn1ccc(=O)c2cccc(Cl)c21. The van der Waals surface area contributed by atoms with Crippen LogP contribution in [0.5, 0.6) is 0 Å². The lowest BCUT2D eigenvalue weighted by Gasteiger charge is -2.05. The first-order valence-electron chi connectivity index (χ1n) is 3.94. The van der Waals surface area contributed by atoms with E-state index in [0.717, 1.165) is 5.52 Å². The van der Waals surface area contributed by atoms with Crippen LogP contribution in [0.1, 0.15) is 0 Å². The van der Waals surface area contributed by atoms with Crippen molar-refractivity contribution in [2.45, 2.75) is 0 Å². The third-order valence-corrected chi connectivity index (χ3v) is 2.36. The quantitative estimate of drug-likeness (QED) is 0.629. The highest BCUT2D eigenvalue weighted by Crippen LogP contribution is 2.19. The largest absolute Gasteiger partial charge is 0.349 e. The Hall–Kier alpha value is -1.28. The van der Waals surface area contributed by atoms with Crippen LogP contribution >= 0.6 is 11.6 Å². The van der Waals surface area contributed by atoms with Crippen LogP contribution in [-0.2, 0) is 7.05 Å². The molecule has 0 aliphatic carbocycles. The van der Waals surface area contributed by atoms with E-state index in [1.807, 2.05) is 11.6 Å². The molecule has 0 aliphatic heterocycles. The summed E-state index contributed by atoms with van der Waals surface area (Å²) in [5, 5.41) is 1.27. The average Bonchev–Trinajstić information content (AvgIpc) is 2.12. The average molecular weight is 194 g/mol. The molecular formula is C10H8ClNO. The van der Waals surface area contributed by atoms with Gasteiger partial charge in [-0.15, -0.1) is 0 Å². The third kappa shape index (κ3) is 1.23. The number of nitrogens with zero attached hydrogens (tertiary/aromatic N) is 1. The summed E-state index contributed by atoms with van der Waals surface area (Å²) in [6.45, 7) is 0. The van der Waals surface area contributed by atoms with E-state index >= 15 is 0 Å². The summed E-state index contributed by atoms with van der Waals surface area (Å²) in [4.78, 5) is 11.4. The Balaban J connectivity index is 3.09. The van der Waals surface area contributed by atoms with Crippen LogP contribution in [0.4, 0.5) is 0 Å². The van der Waals surface area contributed by atoms with E-state index < -0.39 is 0 Å². The topological polar surface area (TPSA) is 22.0 Å². The van der Waals surface area contributed by atoms with Gasteiger partial charge in [-0.2, -0.15) is 0 Å². The fraction of sp³-hybridized carbons (Fsp3) is 0.100. The van der Waals surface area contributed by atoms with Gasteiger partial charge in [0.2, 0.25) is 0 Å². The molecular weight excluding hydrogens is 186 g/mol. The van der Waals surface area contributed by atoms with Crippen LogP contribution in [-0.4, -0.2) is 4.57 Å². The van der Waals surface area contributed by atoms with E-state index in [1.54, 1.807) is 30.5 Å². The molecule has 0 fully saturated rings. The lowest BCUT2D eigenvalue weighted by Crippen LogP contribution is -2.04. The van der Waals surface area contributed by atoms with E-state index in [2.05, 4.69) is 0 Å². The van der Waals surface area contributed by atoms with Gasteiger partial charge in [-0.05, 0) is 12.1 Å². The number of para-hydroxylation sites is 1. The number of aryl methyl sites for hydroxylation is 1. The molecule has 66 valence electrons. The van der Waals surface area contributed by atoms with Crippen molar-refractivity contribution >= 4 is 22.5 Å². The van der Waals surface area contributed by atoms with Gasteiger partial charge in [-0.25, -0.2) is 0 Å². The van der Waals surface area contributed by atoms with E-state index in [4.69, 9.17) is 11.6 Å². The monoisotopic (exact) mass is 193 g/mol. The Kier molecular flexibility index (Phi) is 1.85. The molecule has 0 bridgehead atoms. The maximum absolute atomic E-state index is 11.4. The molecule has 0 aliphatic rings. The minimum Gasteiger partial charge on any atom is -0.349 e. The normalized spacial score (nSPS) is 10.6. The number of rotatable bonds is 0. The summed E-state index contributed by atoms with van der Waals surface area (Å²) in [5.41, 5.74) is 0.798. The summed E-state index contributed by atoms with van der Waals surface area (Å²) in [6, 6.07) is 6.89. The van der Waals surface area contributed by atoms with Crippen molar-refractivity contribution in [3.05, 3.63) is 45.7 Å². The van der Waals surface area contributed by atoms with Crippen molar-refractivity contribution in [1.29, 1.82) is 0 Å². The Labute approximate surface area is 80.4 Å². The molecule has 2 rings (SSSR count). The summed E-state index contributed by atoms with van der Waals surface area (Å²) in [6.07, 6.45) is 1.72. The Morgan fingerprint density at radius 1 is 1.31 bits per heavy atom. The second-order valence-corrected chi connectivity index (χ2v) is 3.33. The third-order valence-electron chi connectivity index (χ3n) is 2.05. The fourth-order valence-electron chi connectivity index (χ4n) is 1.42.